The molecule has 0 aliphatic carbocycles. The molecule has 4 aromatic carbocycles. The summed E-state index contributed by atoms with van der Waals surface area (Å²) < 4.78 is 42.8. The number of benzene rings is 4. The van der Waals surface area contributed by atoms with Gasteiger partial charge in [0.2, 0.25) is 0 Å². The van der Waals surface area contributed by atoms with Crippen molar-refractivity contribution >= 4 is 15.5 Å². The monoisotopic (exact) mass is 521 g/mol. The second kappa shape index (κ2) is 8.38. The molecule has 1 spiro atoms. The normalized spacial score (nSPS) is 27.6. The fourth-order valence-electron chi connectivity index (χ4n) is 6.62. The van der Waals surface area contributed by atoms with Crippen LogP contribution in [0.25, 0.3) is 0 Å². The van der Waals surface area contributed by atoms with Crippen LogP contribution in [0.1, 0.15) is 28.4 Å². The van der Waals surface area contributed by atoms with Gasteiger partial charge in [-0.2, -0.15) is 0 Å². The highest BCUT2D eigenvalue weighted by atomic mass is 32.2. The number of aliphatic imine (C=N–C) groups is 1. The van der Waals surface area contributed by atoms with Crippen LogP contribution in [0.3, 0.4) is 0 Å². The maximum Gasteiger partial charge on any atom is 0.194 e. The van der Waals surface area contributed by atoms with Gasteiger partial charge < -0.3 is 9.47 Å². The number of ether oxygens (including phenoxy) is 2. The van der Waals surface area contributed by atoms with Crippen molar-refractivity contribution in [1.82, 2.24) is 0 Å². The van der Waals surface area contributed by atoms with Crippen molar-refractivity contribution in [2.24, 2.45) is 4.99 Å². The summed E-state index contributed by atoms with van der Waals surface area (Å²) in [6.45, 7) is 2.25. The van der Waals surface area contributed by atoms with Crippen molar-refractivity contribution in [2.45, 2.75) is 34.2 Å². The third-order valence-corrected chi connectivity index (χ3v) is 10.6. The maximum atomic E-state index is 14.5. The molecule has 1 fully saturated rings. The molecule has 5 nitrogen and oxygen atoms in total. The van der Waals surface area contributed by atoms with Gasteiger partial charge in [0.25, 0.3) is 0 Å². The third-order valence-electron chi connectivity index (χ3n) is 8.35. The van der Waals surface area contributed by atoms with E-state index in [9.17, 15) is 8.42 Å². The number of fused-ring (bicyclic) bond motifs is 2. The van der Waals surface area contributed by atoms with Gasteiger partial charge in [-0.05, 0) is 42.3 Å². The Morgan fingerprint density at radius 3 is 2.21 bits per heavy atom. The van der Waals surface area contributed by atoms with Crippen LogP contribution >= 0.6 is 0 Å². The van der Waals surface area contributed by atoms with E-state index in [4.69, 9.17) is 14.5 Å². The molecule has 0 aromatic heterocycles. The van der Waals surface area contributed by atoms with E-state index in [1.807, 2.05) is 104 Å². The van der Waals surface area contributed by atoms with Crippen LogP contribution in [-0.2, 0) is 20.0 Å². The summed E-state index contributed by atoms with van der Waals surface area (Å²) in [5.41, 5.74) is 2.25. The van der Waals surface area contributed by atoms with E-state index < -0.39 is 32.2 Å². The highest BCUT2D eigenvalue weighted by Gasteiger charge is 2.75. The van der Waals surface area contributed by atoms with Crippen LogP contribution < -0.4 is 4.74 Å². The van der Waals surface area contributed by atoms with E-state index in [0.29, 0.717) is 5.75 Å². The van der Waals surface area contributed by atoms with Gasteiger partial charge in [-0.1, -0.05) is 90.5 Å². The summed E-state index contributed by atoms with van der Waals surface area (Å²) in [5, 5.41) is -0.896. The summed E-state index contributed by atoms with van der Waals surface area (Å²) in [6, 6.07) is 34.7. The van der Waals surface area contributed by atoms with E-state index in [-0.39, 0.29) is 18.0 Å². The maximum absolute atomic E-state index is 14.5. The molecule has 0 amide bonds. The molecule has 3 aliphatic heterocycles. The van der Waals surface area contributed by atoms with Crippen molar-refractivity contribution in [3.05, 3.63) is 131 Å². The molecule has 0 N–H and O–H groups in total. The molecule has 6 heteroatoms. The van der Waals surface area contributed by atoms with Crippen LogP contribution in [0.15, 0.2) is 119 Å². The molecular formula is C32H27NO4S. The molecule has 0 bridgehead atoms. The molecule has 0 saturated carbocycles. The Balaban J connectivity index is 1.54. The minimum absolute atomic E-state index is 0.116. The highest BCUT2D eigenvalue weighted by molar-refractivity contribution is 7.92. The Bertz CT molecular complexity index is 1650. The molecule has 3 heterocycles. The third kappa shape index (κ3) is 3.01. The quantitative estimate of drug-likeness (QED) is 0.357. The molecular weight excluding hydrogens is 494 g/mol. The van der Waals surface area contributed by atoms with Crippen LogP contribution in [0, 0.1) is 6.92 Å². The lowest BCUT2D eigenvalue weighted by atomic mass is 9.60. The standard InChI is InChI=1S/C32H27NO4S/c1-22-16-18-25(19-17-22)38(34,35)28-20-33-29-26-14-8-9-15-27(26)37-32(29)30(23-10-4-2-5-11-23)36-21-31(28,32)24-12-6-3-7-13-24/h2-19,28,30H,20-21H2,1H3/t28-,30-,31+,32+/m0/s1. The zero-order chi connectivity index (χ0) is 26.0. The first-order valence-electron chi connectivity index (χ1n) is 12.8. The van der Waals surface area contributed by atoms with Crippen molar-refractivity contribution in [3.63, 3.8) is 0 Å². The van der Waals surface area contributed by atoms with Crippen LogP contribution in [0.4, 0.5) is 0 Å². The van der Waals surface area contributed by atoms with Gasteiger partial charge in [0, 0.05) is 5.56 Å². The molecule has 7 rings (SSSR count). The van der Waals surface area contributed by atoms with E-state index >= 15 is 0 Å². The summed E-state index contributed by atoms with van der Waals surface area (Å²) in [7, 11) is -3.84. The average Bonchev–Trinajstić information content (AvgIpc) is 3.48. The lowest BCUT2D eigenvalue weighted by Gasteiger charge is -2.50. The lowest BCUT2D eigenvalue weighted by molar-refractivity contribution is 0.0158. The van der Waals surface area contributed by atoms with Gasteiger partial charge >= 0.3 is 0 Å². The first kappa shape index (κ1) is 23.4. The van der Waals surface area contributed by atoms with Crippen molar-refractivity contribution in [1.29, 1.82) is 0 Å². The predicted molar refractivity (Wildman–Crippen MR) is 147 cm³/mol. The molecule has 4 atom stereocenters. The molecule has 190 valence electrons. The smallest absolute Gasteiger partial charge is 0.194 e. The van der Waals surface area contributed by atoms with E-state index in [2.05, 4.69) is 0 Å². The van der Waals surface area contributed by atoms with Gasteiger partial charge in [0.1, 0.15) is 17.1 Å². The van der Waals surface area contributed by atoms with Gasteiger partial charge in [-0.15, -0.1) is 0 Å². The van der Waals surface area contributed by atoms with Gasteiger partial charge in [0.15, 0.2) is 15.4 Å². The zero-order valence-electron chi connectivity index (χ0n) is 20.9. The Morgan fingerprint density at radius 2 is 1.47 bits per heavy atom. The van der Waals surface area contributed by atoms with Crippen molar-refractivity contribution in [3.8, 4) is 5.75 Å². The SMILES string of the molecule is Cc1ccc(S(=O)(=O)[C@H]2CN=C3c4ccccc4O[C@@]34[C@H](c3ccccc3)OC[C@@]24c2ccccc2)cc1. The molecule has 3 aliphatic rings. The van der Waals surface area contributed by atoms with Gasteiger partial charge in [0.05, 0.1) is 29.2 Å². The predicted octanol–water partition coefficient (Wildman–Crippen LogP) is 5.48. The Labute approximate surface area is 222 Å². The summed E-state index contributed by atoms with van der Waals surface area (Å²) >= 11 is 0. The summed E-state index contributed by atoms with van der Waals surface area (Å²) in [6.07, 6.45) is -0.550. The minimum atomic E-state index is -3.84. The number of para-hydroxylation sites is 1. The van der Waals surface area contributed by atoms with Crippen molar-refractivity contribution in [2.75, 3.05) is 13.2 Å². The van der Waals surface area contributed by atoms with Gasteiger partial charge in [-0.3, -0.25) is 4.99 Å². The molecule has 38 heavy (non-hydrogen) atoms. The Kier molecular flexibility index (Phi) is 5.16. The molecule has 1 saturated heterocycles. The Morgan fingerprint density at radius 1 is 0.816 bits per heavy atom. The fraction of sp³-hybridized carbons (Fsp3) is 0.219. The van der Waals surface area contributed by atoms with Crippen LogP contribution in [0.2, 0.25) is 0 Å². The zero-order valence-corrected chi connectivity index (χ0v) is 21.8. The first-order valence-corrected chi connectivity index (χ1v) is 14.4. The fourth-order valence-corrected chi connectivity index (χ4v) is 8.65. The van der Waals surface area contributed by atoms with E-state index in [0.717, 1.165) is 28.0 Å². The number of nitrogens with zero attached hydrogens (tertiary/aromatic N) is 1. The largest absolute Gasteiger partial charge is 0.476 e. The number of hydrogen-bond acceptors (Lipinski definition) is 5. The number of sulfone groups is 1. The second-order valence-electron chi connectivity index (χ2n) is 10.3. The number of hydrogen-bond donors (Lipinski definition) is 0. The topological polar surface area (TPSA) is 65.0 Å². The van der Waals surface area contributed by atoms with Crippen LogP contribution in [-0.4, -0.2) is 38.1 Å². The summed E-state index contributed by atoms with van der Waals surface area (Å²) in [5.74, 6) is 0.700. The van der Waals surface area contributed by atoms with Crippen LogP contribution in [0.5, 0.6) is 5.75 Å². The van der Waals surface area contributed by atoms with E-state index in [1.54, 1.807) is 12.1 Å². The molecule has 0 radical (unpaired) electrons. The first-order chi connectivity index (χ1) is 18.5. The summed E-state index contributed by atoms with van der Waals surface area (Å²) in [4.78, 5) is 5.32. The molecule has 4 aromatic rings. The Hall–Kier alpha value is -3.74. The van der Waals surface area contributed by atoms with Crippen molar-refractivity contribution < 1.29 is 17.9 Å². The lowest BCUT2D eigenvalue weighted by Crippen LogP contribution is -2.68. The minimum Gasteiger partial charge on any atom is -0.476 e. The molecule has 0 unspecified atom stereocenters. The number of rotatable bonds is 4. The highest BCUT2D eigenvalue weighted by Crippen LogP contribution is 2.62. The second-order valence-corrected chi connectivity index (χ2v) is 12.4. The number of aryl methyl sites for hydroxylation is 1. The van der Waals surface area contributed by atoms with Gasteiger partial charge in [-0.25, -0.2) is 8.42 Å². The average molecular weight is 522 g/mol. The van der Waals surface area contributed by atoms with E-state index in [1.165, 1.54) is 0 Å².